The first-order valence-electron chi connectivity index (χ1n) is 14.0. The van der Waals surface area contributed by atoms with E-state index in [1.165, 1.54) is 37.7 Å². The number of allylic oxidation sites excluding steroid dienone is 5. The summed E-state index contributed by atoms with van der Waals surface area (Å²) >= 11 is 1.35. The predicted molar refractivity (Wildman–Crippen MR) is 164 cm³/mol. The van der Waals surface area contributed by atoms with Crippen molar-refractivity contribution in [2.24, 2.45) is 17.6 Å². The van der Waals surface area contributed by atoms with Crippen LogP contribution in [0.25, 0.3) is 5.57 Å². The third-order valence-corrected chi connectivity index (χ3v) is 8.45. The fraction of sp³-hybridized carbons (Fsp3) is 0.438. The molecule has 0 radical (unpaired) electrons. The molecular formula is C32H40N2O8S. The molecule has 1 aromatic rings. The number of Topliss-reactive ketones (excluding diaryl/α,β-unsaturated/α-hetero) is 1. The van der Waals surface area contributed by atoms with Gasteiger partial charge in [0.15, 0.2) is 11.9 Å². The van der Waals surface area contributed by atoms with Gasteiger partial charge in [-0.2, -0.15) is 0 Å². The van der Waals surface area contributed by atoms with Crippen LogP contribution in [0.1, 0.15) is 45.4 Å². The van der Waals surface area contributed by atoms with Crippen molar-refractivity contribution in [2.75, 3.05) is 14.2 Å². The normalized spacial score (nSPS) is 31.3. The number of fused-ring (bicyclic) bond motifs is 2. The number of hydrogen-bond donors (Lipinski definition) is 3. The third-order valence-electron chi connectivity index (χ3n) is 7.56. The Morgan fingerprint density at radius 1 is 1.14 bits per heavy atom. The molecule has 0 aromatic carbocycles. The molecule has 0 fully saturated rings. The Bertz CT molecular complexity index is 1370. The molecule has 43 heavy (non-hydrogen) atoms. The van der Waals surface area contributed by atoms with Crippen molar-refractivity contribution < 1.29 is 38.5 Å². The SMILES string of the molecule is CO[C@H]1/C=C\C=C(/C)C(=O)NC2=CC(=O)C(c3cccs3)=C(C[C@@H](C)C[C@H](OC)[C@H](O)[C@@H](C)/C=C(\C)[C@@H]1OC(N)=O)C2=O. The number of nitrogens with two attached hydrogens (primary N) is 1. The summed E-state index contributed by atoms with van der Waals surface area (Å²) in [5.74, 6) is -1.99. The molecule has 2 amide bonds. The van der Waals surface area contributed by atoms with Crippen molar-refractivity contribution in [3.8, 4) is 0 Å². The van der Waals surface area contributed by atoms with Gasteiger partial charge in [0.25, 0.3) is 5.91 Å². The van der Waals surface area contributed by atoms with Crippen LogP contribution in [0.4, 0.5) is 4.79 Å². The van der Waals surface area contributed by atoms with Crippen LogP contribution in [0.5, 0.6) is 0 Å². The smallest absolute Gasteiger partial charge is 0.405 e. The van der Waals surface area contributed by atoms with E-state index in [1.54, 1.807) is 38.1 Å². The molecular weight excluding hydrogens is 572 g/mol. The number of carbonyl (C=O) groups is 4. The Hall–Kier alpha value is -3.64. The number of nitrogens with one attached hydrogen (secondary N) is 1. The highest BCUT2D eigenvalue weighted by Gasteiger charge is 2.34. The molecule has 6 atom stereocenters. The Morgan fingerprint density at radius 2 is 1.86 bits per heavy atom. The Kier molecular flexibility index (Phi) is 12.0. The van der Waals surface area contributed by atoms with Gasteiger partial charge in [0.1, 0.15) is 6.10 Å². The average Bonchev–Trinajstić information content (AvgIpc) is 3.48. The minimum absolute atomic E-state index is 0.103. The van der Waals surface area contributed by atoms with E-state index in [-0.39, 0.29) is 29.4 Å². The standard InChI is InChI=1S/C32H40N2O8S/c1-17-13-21-27(26-11-8-12-43-26)23(35)16-22(29(21)37)34-31(38)18(2)9-7-10-24(40-5)30(42-32(33)39)20(4)15-19(3)28(36)25(14-17)41-6/h7-12,15-17,19,24-25,28,30,36H,13-14H2,1-6H3,(H2,33,39)(H,34,38)/b10-7-,18-9+,20-15+/t17-,19+,24+,25+,28-,30+/m1/s1. The predicted octanol–water partition coefficient (Wildman–Crippen LogP) is 4.02. The number of primary amides is 1. The second kappa shape index (κ2) is 15.2. The number of rotatable bonds is 4. The molecule has 0 spiro atoms. The van der Waals surface area contributed by atoms with Crippen LogP contribution in [-0.2, 0) is 28.6 Å². The Morgan fingerprint density at radius 3 is 2.47 bits per heavy atom. The number of aliphatic hydroxyl groups excluding tert-OH is 1. The van der Waals surface area contributed by atoms with Crippen LogP contribution in [-0.4, -0.2) is 67.3 Å². The first kappa shape index (κ1) is 33.9. The van der Waals surface area contributed by atoms with Crippen molar-refractivity contribution in [2.45, 2.75) is 65.0 Å². The lowest BCUT2D eigenvalue weighted by molar-refractivity contribution is -0.119. The molecule has 2 bridgehead atoms. The van der Waals surface area contributed by atoms with Crippen molar-refractivity contribution in [3.63, 3.8) is 0 Å². The fourth-order valence-corrected chi connectivity index (χ4v) is 6.08. The number of methoxy groups -OCH3 is 2. The van der Waals surface area contributed by atoms with Gasteiger partial charge in [-0.05, 0) is 49.6 Å². The molecule has 1 aliphatic carbocycles. The summed E-state index contributed by atoms with van der Waals surface area (Å²) < 4.78 is 16.6. The molecule has 0 unspecified atom stereocenters. The van der Waals surface area contributed by atoms with Gasteiger partial charge in [-0.25, -0.2) is 4.79 Å². The summed E-state index contributed by atoms with van der Waals surface area (Å²) in [4.78, 5) is 52.6. The number of ether oxygens (including phenoxy) is 3. The highest BCUT2D eigenvalue weighted by molar-refractivity contribution is 7.11. The molecule has 3 rings (SSSR count). The van der Waals surface area contributed by atoms with Crippen LogP contribution >= 0.6 is 11.3 Å². The molecule has 2 aliphatic rings. The summed E-state index contributed by atoms with van der Waals surface area (Å²) in [5.41, 5.74) is 6.72. The van der Waals surface area contributed by atoms with E-state index in [1.807, 2.05) is 25.3 Å². The molecule has 1 aromatic heterocycles. The van der Waals surface area contributed by atoms with Gasteiger partial charge in [-0.15, -0.1) is 11.3 Å². The van der Waals surface area contributed by atoms with Gasteiger partial charge in [-0.3, -0.25) is 14.4 Å². The van der Waals surface area contributed by atoms with Gasteiger partial charge < -0.3 is 30.4 Å². The number of amides is 2. The number of ketones is 2. The Labute approximate surface area is 256 Å². The van der Waals surface area contributed by atoms with Crippen molar-refractivity contribution >= 4 is 40.5 Å². The van der Waals surface area contributed by atoms with E-state index in [0.717, 1.165) is 0 Å². The minimum atomic E-state index is -0.996. The molecule has 2 heterocycles. The van der Waals surface area contributed by atoms with Crippen LogP contribution < -0.4 is 11.1 Å². The van der Waals surface area contributed by atoms with Crippen molar-refractivity contribution in [1.29, 1.82) is 0 Å². The second-order valence-corrected chi connectivity index (χ2v) is 11.9. The number of thiophene rings is 1. The highest BCUT2D eigenvalue weighted by atomic mass is 32.1. The van der Waals surface area contributed by atoms with E-state index < -0.39 is 48.1 Å². The summed E-state index contributed by atoms with van der Waals surface area (Å²) in [7, 11) is 2.94. The van der Waals surface area contributed by atoms with Gasteiger partial charge in [0.05, 0.1) is 17.9 Å². The van der Waals surface area contributed by atoms with E-state index in [0.29, 0.717) is 28.0 Å². The third kappa shape index (κ3) is 8.47. The number of hydrogen-bond acceptors (Lipinski definition) is 9. The maximum absolute atomic E-state index is 13.7. The molecule has 232 valence electrons. The first-order chi connectivity index (χ1) is 20.4. The number of aliphatic hydroxyl groups is 1. The zero-order valence-corrected chi connectivity index (χ0v) is 26.1. The first-order valence-corrected chi connectivity index (χ1v) is 14.9. The van der Waals surface area contributed by atoms with E-state index in [4.69, 9.17) is 19.9 Å². The zero-order chi connectivity index (χ0) is 31.8. The average molecular weight is 613 g/mol. The fourth-order valence-electron chi connectivity index (χ4n) is 5.28. The Balaban J connectivity index is 2.11. The lowest BCUT2D eigenvalue weighted by atomic mass is 9.83. The second-order valence-electron chi connectivity index (χ2n) is 10.9. The molecule has 4 N–H and O–H groups in total. The molecule has 0 saturated carbocycles. The summed E-state index contributed by atoms with van der Waals surface area (Å²) in [6.45, 7) is 7.03. The van der Waals surface area contributed by atoms with Gasteiger partial charge in [0.2, 0.25) is 5.78 Å². The summed E-state index contributed by atoms with van der Waals surface area (Å²) in [6, 6.07) is 3.59. The molecule has 11 heteroatoms. The minimum Gasteiger partial charge on any atom is -0.439 e. The van der Waals surface area contributed by atoms with Crippen LogP contribution in [0.3, 0.4) is 0 Å². The summed E-state index contributed by atoms with van der Waals surface area (Å²) in [6.07, 6.45) is 3.95. The van der Waals surface area contributed by atoms with Crippen LogP contribution in [0.2, 0.25) is 0 Å². The molecule has 1 aliphatic heterocycles. The zero-order valence-electron chi connectivity index (χ0n) is 25.3. The lowest BCUT2D eigenvalue weighted by Gasteiger charge is -2.30. The van der Waals surface area contributed by atoms with Gasteiger partial charge in [-0.1, -0.05) is 44.2 Å². The largest absolute Gasteiger partial charge is 0.439 e. The lowest BCUT2D eigenvalue weighted by Crippen LogP contribution is -2.37. The summed E-state index contributed by atoms with van der Waals surface area (Å²) in [5, 5.41) is 15.7. The van der Waals surface area contributed by atoms with Crippen LogP contribution in [0, 0.1) is 11.8 Å². The monoisotopic (exact) mass is 612 g/mol. The number of carbonyl (C=O) groups excluding carboxylic acids is 4. The van der Waals surface area contributed by atoms with Gasteiger partial charge >= 0.3 is 6.09 Å². The molecule has 0 saturated heterocycles. The molecule has 10 nitrogen and oxygen atoms in total. The van der Waals surface area contributed by atoms with Crippen molar-refractivity contribution in [1.82, 2.24) is 5.32 Å². The maximum Gasteiger partial charge on any atom is 0.405 e. The van der Waals surface area contributed by atoms with E-state index in [2.05, 4.69) is 5.32 Å². The van der Waals surface area contributed by atoms with Crippen LogP contribution in [0.15, 0.2) is 70.3 Å². The topological polar surface area (TPSA) is 154 Å². The van der Waals surface area contributed by atoms with E-state index >= 15 is 0 Å². The van der Waals surface area contributed by atoms with E-state index in [9.17, 15) is 24.3 Å². The maximum atomic E-state index is 13.7. The highest BCUT2D eigenvalue weighted by Crippen LogP contribution is 2.35. The quantitative estimate of drug-likeness (QED) is 0.340. The van der Waals surface area contributed by atoms with Crippen molar-refractivity contribution in [3.05, 3.63) is 75.2 Å². The van der Waals surface area contributed by atoms with Gasteiger partial charge in [0, 0.05) is 47.8 Å².